The zero-order chi connectivity index (χ0) is 19.1. The van der Waals surface area contributed by atoms with Gasteiger partial charge in [0.05, 0.1) is 9.50 Å². The summed E-state index contributed by atoms with van der Waals surface area (Å²) in [4.78, 5) is 4.65. The SMILES string of the molecule is Cc1cc(C)c2oc(-c3cc(Br)c[n+](Cc4ccc(F)cc4Cl)c3)nc2c1.[Cl-]. The highest BCUT2D eigenvalue weighted by molar-refractivity contribution is 9.10. The lowest BCUT2D eigenvalue weighted by Crippen LogP contribution is -3.00. The van der Waals surface area contributed by atoms with E-state index in [1.165, 1.54) is 12.1 Å². The Labute approximate surface area is 181 Å². The molecule has 28 heavy (non-hydrogen) atoms. The second kappa shape index (κ2) is 8.19. The molecule has 0 aliphatic heterocycles. The largest absolute Gasteiger partial charge is 1.00 e. The van der Waals surface area contributed by atoms with Crippen molar-refractivity contribution in [2.45, 2.75) is 20.4 Å². The Bertz CT molecular complexity index is 1180. The van der Waals surface area contributed by atoms with E-state index in [-0.39, 0.29) is 18.2 Å². The van der Waals surface area contributed by atoms with Crippen molar-refractivity contribution in [3.63, 3.8) is 0 Å². The van der Waals surface area contributed by atoms with Crippen LogP contribution in [0, 0.1) is 19.7 Å². The summed E-state index contributed by atoms with van der Waals surface area (Å²) >= 11 is 9.71. The van der Waals surface area contributed by atoms with E-state index in [1.807, 2.05) is 42.9 Å². The quantitative estimate of drug-likeness (QED) is 0.421. The van der Waals surface area contributed by atoms with Crippen LogP contribution in [0.1, 0.15) is 16.7 Å². The molecule has 7 heteroatoms. The smallest absolute Gasteiger partial charge is 0.233 e. The van der Waals surface area contributed by atoms with Crippen LogP contribution < -0.4 is 17.0 Å². The fourth-order valence-electron chi connectivity index (χ4n) is 3.15. The lowest BCUT2D eigenvalue weighted by Gasteiger charge is -2.03. The molecule has 2 aromatic carbocycles. The minimum Gasteiger partial charge on any atom is -1.00 e. The molecule has 0 aliphatic carbocycles. The molecule has 4 rings (SSSR count). The van der Waals surface area contributed by atoms with Gasteiger partial charge in [0.2, 0.25) is 5.89 Å². The first kappa shape index (κ1) is 20.8. The molecule has 0 saturated carbocycles. The van der Waals surface area contributed by atoms with Crippen molar-refractivity contribution in [1.82, 2.24) is 4.98 Å². The fraction of sp³-hybridized carbons (Fsp3) is 0.143. The van der Waals surface area contributed by atoms with Crippen molar-refractivity contribution < 1.29 is 25.8 Å². The lowest BCUT2D eigenvalue weighted by molar-refractivity contribution is -0.688. The highest BCUT2D eigenvalue weighted by Gasteiger charge is 2.16. The van der Waals surface area contributed by atoms with Gasteiger partial charge in [-0.05, 0) is 71.2 Å². The van der Waals surface area contributed by atoms with Crippen LogP contribution in [-0.2, 0) is 6.54 Å². The number of oxazole rings is 1. The number of aryl methyl sites for hydroxylation is 2. The van der Waals surface area contributed by atoms with E-state index in [0.29, 0.717) is 17.5 Å². The number of hydrogen-bond donors (Lipinski definition) is 0. The average Bonchev–Trinajstić information content (AvgIpc) is 3.01. The van der Waals surface area contributed by atoms with Crippen molar-refractivity contribution in [1.29, 1.82) is 0 Å². The maximum atomic E-state index is 13.3. The van der Waals surface area contributed by atoms with Crippen molar-refractivity contribution >= 4 is 38.6 Å². The van der Waals surface area contributed by atoms with Gasteiger partial charge in [0.15, 0.2) is 24.5 Å². The normalized spacial score (nSPS) is 10.9. The van der Waals surface area contributed by atoms with E-state index in [4.69, 9.17) is 16.0 Å². The molecule has 144 valence electrons. The van der Waals surface area contributed by atoms with Crippen LogP contribution in [0.25, 0.3) is 22.6 Å². The third-order valence-electron chi connectivity index (χ3n) is 4.32. The summed E-state index contributed by atoms with van der Waals surface area (Å²) in [6, 6.07) is 10.5. The van der Waals surface area contributed by atoms with Crippen LogP contribution in [0.2, 0.25) is 5.02 Å². The Balaban J connectivity index is 0.00000225. The van der Waals surface area contributed by atoms with E-state index in [9.17, 15) is 4.39 Å². The second-order valence-corrected chi connectivity index (χ2v) is 7.92. The van der Waals surface area contributed by atoms with Crippen molar-refractivity contribution in [3.8, 4) is 11.5 Å². The van der Waals surface area contributed by atoms with E-state index in [1.54, 1.807) is 6.07 Å². The van der Waals surface area contributed by atoms with Gasteiger partial charge in [0.25, 0.3) is 0 Å². The molecule has 3 nitrogen and oxygen atoms in total. The first-order valence-corrected chi connectivity index (χ1v) is 9.58. The average molecular weight is 482 g/mol. The van der Waals surface area contributed by atoms with Crippen molar-refractivity contribution in [3.05, 3.63) is 80.8 Å². The van der Waals surface area contributed by atoms with Crippen LogP contribution >= 0.6 is 27.5 Å². The Morgan fingerprint density at radius 3 is 2.68 bits per heavy atom. The van der Waals surface area contributed by atoms with Crippen LogP contribution in [0.3, 0.4) is 0 Å². The summed E-state index contributed by atoms with van der Waals surface area (Å²) < 4.78 is 22.1. The lowest BCUT2D eigenvalue weighted by atomic mass is 10.1. The Morgan fingerprint density at radius 2 is 1.93 bits per heavy atom. The molecule has 0 unspecified atom stereocenters. The molecule has 0 bridgehead atoms. The second-order valence-electron chi connectivity index (χ2n) is 6.60. The molecule has 0 saturated heterocycles. The molecular weight excluding hydrogens is 466 g/mol. The zero-order valence-corrected chi connectivity index (χ0v) is 18.2. The highest BCUT2D eigenvalue weighted by Crippen LogP contribution is 2.28. The van der Waals surface area contributed by atoms with Crippen LogP contribution in [0.4, 0.5) is 4.39 Å². The fourth-order valence-corrected chi connectivity index (χ4v) is 3.89. The molecule has 2 aromatic heterocycles. The molecule has 0 radical (unpaired) electrons. The van der Waals surface area contributed by atoms with E-state index >= 15 is 0 Å². The Kier molecular flexibility index (Phi) is 6.08. The maximum absolute atomic E-state index is 13.3. The van der Waals surface area contributed by atoms with Gasteiger partial charge in [-0.15, -0.1) is 0 Å². The van der Waals surface area contributed by atoms with Gasteiger partial charge < -0.3 is 16.8 Å². The van der Waals surface area contributed by atoms with Crippen LogP contribution in [0.15, 0.2) is 57.7 Å². The maximum Gasteiger partial charge on any atom is 0.233 e. The van der Waals surface area contributed by atoms with E-state index < -0.39 is 0 Å². The van der Waals surface area contributed by atoms with Gasteiger partial charge in [-0.3, -0.25) is 0 Å². The third kappa shape index (κ3) is 4.22. The number of aromatic nitrogens is 2. The number of benzene rings is 2. The van der Waals surface area contributed by atoms with Gasteiger partial charge in [-0.2, -0.15) is 4.57 Å². The molecule has 0 atom stereocenters. The van der Waals surface area contributed by atoms with Gasteiger partial charge in [0, 0.05) is 5.56 Å². The zero-order valence-electron chi connectivity index (χ0n) is 15.1. The van der Waals surface area contributed by atoms with Gasteiger partial charge in [0.1, 0.15) is 16.9 Å². The van der Waals surface area contributed by atoms with Gasteiger partial charge in [-0.25, -0.2) is 9.37 Å². The predicted molar refractivity (Wildman–Crippen MR) is 107 cm³/mol. The van der Waals surface area contributed by atoms with Crippen molar-refractivity contribution in [2.24, 2.45) is 0 Å². The molecule has 0 fully saturated rings. The minimum absolute atomic E-state index is 0. The molecule has 4 aromatic rings. The third-order valence-corrected chi connectivity index (χ3v) is 5.11. The predicted octanol–water partition coefficient (Wildman–Crippen LogP) is 3.01. The monoisotopic (exact) mass is 480 g/mol. The molecular formula is C21H16BrCl2FN2O. The Hall–Kier alpha value is -1.95. The van der Waals surface area contributed by atoms with Crippen LogP contribution in [-0.4, -0.2) is 4.98 Å². The molecule has 0 spiro atoms. The summed E-state index contributed by atoms with van der Waals surface area (Å²) in [7, 11) is 0. The Morgan fingerprint density at radius 1 is 1.14 bits per heavy atom. The number of rotatable bonds is 3. The molecule has 0 amide bonds. The number of pyridine rings is 1. The van der Waals surface area contributed by atoms with Gasteiger partial charge in [-0.1, -0.05) is 17.7 Å². The number of nitrogens with zero attached hydrogens (tertiary/aromatic N) is 2. The summed E-state index contributed by atoms with van der Waals surface area (Å²) in [6.07, 6.45) is 3.87. The highest BCUT2D eigenvalue weighted by atomic mass is 79.9. The number of halogens is 4. The molecule has 0 N–H and O–H groups in total. The summed E-state index contributed by atoms with van der Waals surface area (Å²) in [5, 5.41) is 0.400. The summed E-state index contributed by atoms with van der Waals surface area (Å²) in [5.41, 5.74) is 5.52. The summed E-state index contributed by atoms with van der Waals surface area (Å²) in [6.45, 7) is 4.56. The van der Waals surface area contributed by atoms with Crippen LogP contribution in [0.5, 0.6) is 0 Å². The van der Waals surface area contributed by atoms with E-state index in [2.05, 4.69) is 27.0 Å². The first-order chi connectivity index (χ1) is 12.9. The minimum atomic E-state index is -0.346. The standard InChI is InChI=1S/C21H16BrClFN2O.ClH/c1-12-5-13(2)20-19(6-12)25-21(27-20)15-7-16(22)11-26(10-15)9-14-3-4-17(24)8-18(14)23;/h3-8,10-11H,9H2,1-2H3;1H/q+1;/p-1. The van der Waals surface area contributed by atoms with E-state index in [0.717, 1.165) is 37.8 Å². The van der Waals surface area contributed by atoms with Crippen molar-refractivity contribution in [2.75, 3.05) is 0 Å². The number of hydrogen-bond acceptors (Lipinski definition) is 2. The first-order valence-electron chi connectivity index (χ1n) is 8.41. The molecule has 0 aliphatic rings. The van der Waals surface area contributed by atoms with Gasteiger partial charge >= 0.3 is 0 Å². The topological polar surface area (TPSA) is 29.9 Å². The summed E-state index contributed by atoms with van der Waals surface area (Å²) in [5.74, 6) is 0.208. The number of fused-ring (bicyclic) bond motifs is 1. The molecule has 2 heterocycles.